The van der Waals surface area contributed by atoms with E-state index in [1.54, 1.807) is 13.0 Å². The molecule has 5 saturated heterocycles. The van der Waals surface area contributed by atoms with Crippen molar-refractivity contribution >= 4 is 28.1 Å². The number of aliphatic hydroxyl groups is 4. The summed E-state index contributed by atoms with van der Waals surface area (Å²) < 4.78 is 47.7. The zero-order valence-corrected chi connectivity index (χ0v) is 38.0. The molecule has 14 atom stereocenters. The molecule has 0 unspecified atom stereocenters. The van der Waals surface area contributed by atoms with E-state index in [0.717, 1.165) is 38.5 Å². The zero-order valence-electron chi connectivity index (χ0n) is 36.0. The second-order valence-electron chi connectivity index (χ2n) is 18.9. The van der Waals surface area contributed by atoms with Gasteiger partial charge < -0.3 is 58.3 Å². The van der Waals surface area contributed by atoms with Gasteiger partial charge in [0.15, 0.2) is 5.79 Å². The minimum Gasteiger partial charge on any atom is -0.466 e. The molecule has 16 heteroatoms. The quantitative estimate of drug-likeness (QED) is 0.161. The van der Waals surface area contributed by atoms with Gasteiger partial charge in [-0.2, -0.15) is 0 Å². The van der Waals surface area contributed by atoms with Crippen LogP contribution in [0.3, 0.4) is 0 Å². The van der Waals surface area contributed by atoms with Gasteiger partial charge in [-0.25, -0.2) is 0 Å². The Morgan fingerprint density at radius 3 is 1.62 bits per heavy atom. The molecule has 0 aromatic heterocycles. The summed E-state index contributed by atoms with van der Waals surface area (Å²) in [7, 11) is -2.96. The lowest BCUT2D eigenvalue weighted by atomic mass is 9.87. The van der Waals surface area contributed by atoms with E-state index >= 15 is 0 Å². The van der Waals surface area contributed by atoms with Crippen LogP contribution in [0.5, 0.6) is 0 Å². The molecule has 0 bridgehead atoms. The number of hydrogen-bond donors (Lipinski definition) is 4. The van der Waals surface area contributed by atoms with Crippen molar-refractivity contribution in [1.82, 2.24) is 0 Å². The van der Waals surface area contributed by atoms with Gasteiger partial charge in [0.2, 0.25) is 0 Å². The van der Waals surface area contributed by atoms with Crippen molar-refractivity contribution in [3.63, 3.8) is 0 Å². The molecule has 4 N–H and O–H groups in total. The average molecular weight is 857 g/mol. The Labute approximate surface area is 346 Å². The molecule has 0 radical (unpaired) electrons. The molecule has 6 rings (SSSR count). The Morgan fingerprint density at radius 2 is 1.10 bits per heavy atom. The van der Waals surface area contributed by atoms with Crippen LogP contribution in [0.25, 0.3) is 0 Å². The minimum atomic E-state index is -1.50. The van der Waals surface area contributed by atoms with Gasteiger partial charge in [0.05, 0.1) is 66.6 Å². The van der Waals surface area contributed by atoms with Crippen molar-refractivity contribution in [1.29, 1.82) is 0 Å². The maximum Gasteiger partial charge on any atom is 0.308 e. The Kier molecular flexibility index (Phi) is 16.8. The topological polar surface area (TPSA) is 189 Å². The van der Waals surface area contributed by atoms with E-state index in [1.165, 1.54) is 6.42 Å². The third-order valence-electron chi connectivity index (χ3n) is 11.6. The number of rotatable bonds is 12. The maximum atomic E-state index is 12.0. The van der Waals surface area contributed by atoms with E-state index < -0.39 is 76.9 Å². The number of carbonyl (C=O) groups is 2. The van der Waals surface area contributed by atoms with Crippen molar-refractivity contribution in [2.24, 2.45) is 0 Å². The van der Waals surface area contributed by atoms with E-state index in [2.05, 4.69) is 45.0 Å². The predicted octanol–water partition coefficient (Wildman–Crippen LogP) is 4.26. The number of fused-ring (bicyclic) bond motifs is 4. The lowest BCUT2D eigenvalue weighted by Crippen LogP contribution is -2.63. The highest BCUT2D eigenvalue weighted by atomic mass is 28.3. The standard InChI is InChI=1S/C24H40O7Si.C18H32O7Si/c1-5-27-19(26)15-16-9-10-18-21(28-16)23-22(30-24(31-23)12-7-6-8-13-24)20(29-18)17(25)11-14-32(2,3)4;1-5-23-14(20)10-11-6-7-13-18(24-11)16(22)15(21)17(25-13)12(19)8-9-26(2,3)4/h11,14,16-18,20-23,25H,5-10,12-13,15H2,1-4H3;8-9,11-13,15-19,21-22H,5-7,10H2,1-4H3/b14-11+;9-8+/t16-,17+,18+,20+,21+,22-,23+;11-,12+,13+,15+,16-,17+,18+/m11/s1. The third kappa shape index (κ3) is 12.8. The highest BCUT2D eigenvalue weighted by Gasteiger charge is 2.60. The Balaban J connectivity index is 0.000000226. The van der Waals surface area contributed by atoms with Crippen LogP contribution in [0.1, 0.15) is 84.5 Å². The van der Waals surface area contributed by atoms with Gasteiger partial charge in [-0.05, 0) is 52.4 Å². The molecule has 14 nitrogen and oxygen atoms in total. The Hall–Kier alpha value is -1.55. The molecule has 0 aromatic carbocycles. The van der Waals surface area contributed by atoms with Crippen LogP contribution in [-0.2, 0) is 47.5 Å². The number of hydrogen-bond acceptors (Lipinski definition) is 14. The van der Waals surface area contributed by atoms with Crippen molar-refractivity contribution in [3.05, 3.63) is 23.6 Å². The molecule has 1 aliphatic carbocycles. The van der Waals surface area contributed by atoms with E-state index in [1.807, 2.05) is 18.7 Å². The van der Waals surface area contributed by atoms with Crippen molar-refractivity contribution < 1.29 is 67.9 Å². The minimum absolute atomic E-state index is 0.116. The summed E-state index contributed by atoms with van der Waals surface area (Å²) in [4.78, 5) is 23.6. The third-order valence-corrected chi connectivity index (χ3v) is 14.0. The fourth-order valence-electron chi connectivity index (χ4n) is 8.77. The number of esters is 2. The summed E-state index contributed by atoms with van der Waals surface area (Å²) in [6.45, 7) is 17.4. The van der Waals surface area contributed by atoms with Gasteiger partial charge in [0.1, 0.15) is 61.0 Å². The van der Waals surface area contributed by atoms with Gasteiger partial charge >= 0.3 is 11.9 Å². The normalized spacial score (nSPS) is 37.2. The van der Waals surface area contributed by atoms with E-state index in [-0.39, 0.29) is 55.3 Å². The van der Waals surface area contributed by atoms with Crippen LogP contribution in [0.4, 0.5) is 0 Å². The molecule has 6 aliphatic rings. The van der Waals surface area contributed by atoms with Crippen molar-refractivity contribution in [3.8, 4) is 0 Å². The first-order valence-corrected chi connectivity index (χ1v) is 28.9. The summed E-state index contributed by atoms with van der Waals surface area (Å²) in [5.41, 5.74) is 4.14. The summed E-state index contributed by atoms with van der Waals surface area (Å²) in [6.07, 6.45) is 3.11. The first-order chi connectivity index (χ1) is 27.3. The number of carbonyl (C=O) groups excluding carboxylic acids is 2. The lowest BCUT2D eigenvalue weighted by Gasteiger charge is -2.47. The van der Waals surface area contributed by atoms with E-state index in [4.69, 9.17) is 37.9 Å². The molecule has 0 amide bonds. The second-order valence-corrected chi connectivity index (χ2v) is 29.1. The molecular formula is C42H72O14Si2. The van der Waals surface area contributed by atoms with Crippen molar-refractivity contribution in [2.45, 2.75) is 215 Å². The molecule has 5 heterocycles. The Morgan fingerprint density at radius 1 is 0.638 bits per heavy atom. The van der Waals surface area contributed by atoms with E-state index in [0.29, 0.717) is 26.1 Å². The monoisotopic (exact) mass is 856 g/mol. The molecule has 1 saturated carbocycles. The molecule has 6 fully saturated rings. The summed E-state index contributed by atoms with van der Waals surface area (Å²) in [6, 6.07) is 0. The molecule has 1 spiro atoms. The zero-order chi connectivity index (χ0) is 42.4. The molecule has 0 aromatic rings. The van der Waals surface area contributed by atoms with Crippen LogP contribution < -0.4 is 0 Å². The molecule has 58 heavy (non-hydrogen) atoms. The van der Waals surface area contributed by atoms with Gasteiger partial charge in [-0.1, -0.05) is 69.3 Å². The molecule has 5 aliphatic heterocycles. The van der Waals surface area contributed by atoms with Crippen LogP contribution in [0.2, 0.25) is 39.3 Å². The smallest absolute Gasteiger partial charge is 0.308 e. The molecule has 332 valence electrons. The highest BCUT2D eigenvalue weighted by Crippen LogP contribution is 2.48. The average Bonchev–Trinajstić information content (AvgIpc) is 3.52. The van der Waals surface area contributed by atoms with Gasteiger partial charge in [-0.15, -0.1) is 0 Å². The number of aliphatic hydroxyl groups excluding tert-OH is 4. The highest BCUT2D eigenvalue weighted by molar-refractivity contribution is 6.81. The van der Waals surface area contributed by atoms with Gasteiger partial charge in [0.25, 0.3) is 0 Å². The molecular weight excluding hydrogens is 785 g/mol. The summed E-state index contributed by atoms with van der Waals surface area (Å²) >= 11 is 0. The second kappa shape index (κ2) is 20.5. The predicted molar refractivity (Wildman–Crippen MR) is 220 cm³/mol. The maximum absolute atomic E-state index is 12.0. The number of ether oxygens (including phenoxy) is 8. The Bertz CT molecular complexity index is 1390. The van der Waals surface area contributed by atoms with Crippen LogP contribution >= 0.6 is 0 Å². The van der Waals surface area contributed by atoms with Crippen LogP contribution in [0.15, 0.2) is 23.6 Å². The summed E-state index contributed by atoms with van der Waals surface area (Å²) in [5, 5.41) is 42.3. The fraction of sp³-hybridized carbons (Fsp3) is 0.857. The van der Waals surface area contributed by atoms with Crippen LogP contribution in [-0.4, -0.2) is 153 Å². The first kappa shape index (κ1) is 47.5. The van der Waals surface area contributed by atoms with Crippen molar-refractivity contribution in [2.75, 3.05) is 13.2 Å². The SMILES string of the molecule is CCOC(=O)C[C@H]1CC[C@@H]2O[C@@H]([C@@H](O)/C=C/[Si](C)(C)C)[C@@H](O)[C@@H](O)[C@H]2O1.CCOC(=O)C[C@H]1CC[C@@H]2O[C@@H]([C@@H](O)/C=C/[Si](C)(C)C)[C@H]3OC4(CCCCC4)O[C@H]3[C@H]2O1. The lowest BCUT2D eigenvalue weighted by molar-refractivity contribution is -0.274. The van der Waals surface area contributed by atoms with Gasteiger partial charge in [-0.3, -0.25) is 9.59 Å². The largest absolute Gasteiger partial charge is 0.466 e. The first-order valence-electron chi connectivity index (χ1n) is 21.7. The van der Waals surface area contributed by atoms with Crippen LogP contribution in [0, 0.1) is 0 Å². The summed E-state index contributed by atoms with van der Waals surface area (Å²) in [5.74, 6) is -1.18. The van der Waals surface area contributed by atoms with Gasteiger partial charge in [0, 0.05) is 12.8 Å². The van der Waals surface area contributed by atoms with E-state index in [9.17, 15) is 30.0 Å². The fourth-order valence-corrected chi connectivity index (χ4v) is 10.3.